The zero-order valence-electron chi connectivity index (χ0n) is 10.3. The summed E-state index contributed by atoms with van der Waals surface area (Å²) in [6.07, 6.45) is -3.63. The molecule has 1 aliphatic rings. The zero-order chi connectivity index (χ0) is 13.9. The van der Waals surface area contributed by atoms with E-state index in [1.807, 2.05) is 4.90 Å². The third-order valence-electron chi connectivity index (χ3n) is 3.15. The van der Waals surface area contributed by atoms with Gasteiger partial charge in [0.25, 0.3) is 0 Å². The van der Waals surface area contributed by atoms with Crippen LogP contribution in [0, 0.1) is 0 Å². The fourth-order valence-corrected chi connectivity index (χ4v) is 2.37. The van der Waals surface area contributed by atoms with Gasteiger partial charge in [0.1, 0.15) is 5.15 Å². The fraction of sp³-hybridized carbons (Fsp3) is 0.583. The number of nitrogens with zero attached hydrogens (tertiary/aromatic N) is 2. The van der Waals surface area contributed by atoms with Crippen molar-refractivity contribution in [3.05, 3.63) is 29.0 Å². The predicted octanol–water partition coefficient (Wildman–Crippen LogP) is 2.63. The first-order valence-corrected chi connectivity index (χ1v) is 6.46. The first kappa shape index (κ1) is 14.6. The van der Waals surface area contributed by atoms with E-state index in [1.165, 1.54) is 12.3 Å². The Bertz CT molecular complexity index is 402. The van der Waals surface area contributed by atoms with E-state index in [9.17, 15) is 13.2 Å². The molecule has 7 heteroatoms. The van der Waals surface area contributed by atoms with E-state index in [0.29, 0.717) is 31.7 Å². The van der Waals surface area contributed by atoms with Gasteiger partial charge >= 0.3 is 6.18 Å². The molecule has 1 N–H and O–H groups in total. The number of aromatic nitrogens is 1. The van der Waals surface area contributed by atoms with Crippen LogP contribution < -0.4 is 5.32 Å². The summed E-state index contributed by atoms with van der Waals surface area (Å²) in [4.78, 5) is 5.72. The Morgan fingerprint density at radius 3 is 2.53 bits per heavy atom. The van der Waals surface area contributed by atoms with E-state index in [2.05, 4.69) is 10.3 Å². The van der Waals surface area contributed by atoms with Crippen LogP contribution in [0.25, 0.3) is 0 Å². The van der Waals surface area contributed by atoms with Crippen molar-refractivity contribution in [3.8, 4) is 0 Å². The molecule has 106 valence electrons. The molecule has 0 spiro atoms. The quantitative estimate of drug-likeness (QED) is 0.869. The van der Waals surface area contributed by atoms with Crippen molar-refractivity contribution in [2.24, 2.45) is 0 Å². The van der Waals surface area contributed by atoms with E-state index < -0.39 is 18.6 Å². The molecule has 0 amide bonds. The summed E-state index contributed by atoms with van der Waals surface area (Å²) in [6.45, 7) is 2.61. The average molecular weight is 294 g/mol. The summed E-state index contributed by atoms with van der Waals surface area (Å²) < 4.78 is 38.2. The Labute approximate surface area is 114 Å². The maximum atomic E-state index is 12.7. The lowest BCUT2D eigenvalue weighted by atomic mass is 10.0. The summed E-state index contributed by atoms with van der Waals surface area (Å²) in [5.74, 6) is 0. The third kappa shape index (κ3) is 4.33. The highest BCUT2D eigenvalue weighted by Crippen LogP contribution is 2.33. The van der Waals surface area contributed by atoms with Crippen LogP contribution in [0.15, 0.2) is 18.3 Å². The van der Waals surface area contributed by atoms with Crippen molar-refractivity contribution in [3.63, 3.8) is 0 Å². The van der Waals surface area contributed by atoms with E-state index >= 15 is 0 Å². The maximum Gasteiger partial charge on any atom is 0.390 e. The summed E-state index contributed by atoms with van der Waals surface area (Å²) in [7, 11) is 0. The van der Waals surface area contributed by atoms with Gasteiger partial charge in [-0.1, -0.05) is 17.7 Å². The molecular formula is C12H15ClF3N3. The van der Waals surface area contributed by atoms with Crippen molar-refractivity contribution in [1.29, 1.82) is 0 Å². The van der Waals surface area contributed by atoms with Crippen molar-refractivity contribution in [2.75, 3.05) is 26.2 Å². The lowest BCUT2D eigenvalue weighted by Gasteiger charge is -2.35. The van der Waals surface area contributed by atoms with Crippen LogP contribution in [0.5, 0.6) is 0 Å². The van der Waals surface area contributed by atoms with Gasteiger partial charge in [0.15, 0.2) is 0 Å². The number of halogens is 4. The third-order valence-corrected chi connectivity index (χ3v) is 3.38. The van der Waals surface area contributed by atoms with Crippen LogP contribution in [-0.2, 0) is 0 Å². The number of piperazine rings is 1. The molecule has 2 heterocycles. The highest BCUT2D eigenvalue weighted by atomic mass is 35.5. The molecule has 1 aromatic rings. The Morgan fingerprint density at radius 2 is 2.00 bits per heavy atom. The lowest BCUT2D eigenvalue weighted by Crippen LogP contribution is -2.46. The standard InChI is InChI=1S/C12H15ClF3N3/c13-11-2-1-9(8-18-11)10(7-12(14,15)16)19-5-3-17-4-6-19/h1-2,8,10,17H,3-7H2/t10-/m0/s1. The van der Waals surface area contributed by atoms with Crippen LogP contribution in [0.3, 0.4) is 0 Å². The molecule has 1 aliphatic heterocycles. The molecule has 0 unspecified atom stereocenters. The number of rotatable bonds is 3. The van der Waals surface area contributed by atoms with Crippen LogP contribution >= 0.6 is 11.6 Å². The summed E-state index contributed by atoms with van der Waals surface area (Å²) >= 11 is 5.68. The molecule has 2 rings (SSSR count). The maximum absolute atomic E-state index is 12.7. The first-order valence-electron chi connectivity index (χ1n) is 6.09. The Balaban J connectivity index is 2.19. The normalized spacial score (nSPS) is 19.4. The van der Waals surface area contributed by atoms with Gasteiger partial charge in [-0.3, -0.25) is 4.90 Å². The molecule has 0 aromatic carbocycles. The van der Waals surface area contributed by atoms with Crippen LogP contribution in [0.1, 0.15) is 18.0 Å². The van der Waals surface area contributed by atoms with Gasteiger partial charge in [0.05, 0.1) is 6.42 Å². The molecule has 0 aliphatic carbocycles. The lowest BCUT2D eigenvalue weighted by molar-refractivity contribution is -0.148. The van der Waals surface area contributed by atoms with Crippen LogP contribution in [0.2, 0.25) is 5.15 Å². The summed E-state index contributed by atoms with van der Waals surface area (Å²) in [6, 6.07) is 2.46. The molecule has 19 heavy (non-hydrogen) atoms. The Kier molecular flexibility index (Phi) is 4.65. The molecule has 0 bridgehead atoms. The van der Waals surface area contributed by atoms with Crippen molar-refractivity contribution in [2.45, 2.75) is 18.6 Å². The zero-order valence-corrected chi connectivity index (χ0v) is 11.0. The summed E-state index contributed by atoms with van der Waals surface area (Å²) in [5.41, 5.74) is 0.559. The smallest absolute Gasteiger partial charge is 0.314 e. The number of pyridine rings is 1. The fourth-order valence-electron chi connectivity index (χ4n) is 2.26. The molecule has 0 radical (unpaired) electrons. The second-order valence-electron chi connectivity index (χ2n) is 4.54. The monoisotopic (exact) mass is 293 g/mol. The molecule has 1 saturated heterocycles. The van der Waals surface area contributed by atoms with E-state index in [0.717, 1.165) is 0 Å². The van der Waals surface area contributed by atoms with Gasteiger partial charge in [-0.05, 0) is 11.6 Å². The van der Waals surface area contributed by atoms with Crippen molar-refractivity contribution in [1.82, 2.24) is 15.2 Å². The topological polar surface area (TPSA) is 28.2 Å². The van der Waals surface area contributed by atoms with Gasteiger partial charge < -0.3 is 5.32 Å². The molecule has 3 nitrogen and oxygen atoms in total. The minimum atomic E-state index is -4.20. The second-order valence-corrected chi connectivity index (χ2v) is 4.92. The van der Waals surface area contributed by atoms with Gasteiger partial charge in [0, 0.05) is 38.4 Å². The Morgan fingerprint density at radius 1 is 1.32 bits per heavy atom. The molecule has 0 saturated carbocycles. The number of alkyl halides is 3. The van der Waals surface area contributed by atoms with Gasteiger partial charge in [-0.2, -0.15) is 13.2 Å². The average Bonchev–Trinajstić information content (AvgIpc) is 2.37. The highest BCUT2D eigenvalue weighted by Gasteiger charge is 2.36. The van der Waals surface area contributed by atoms with E-state index in [4.69, 9.17) is 11.6 Å². The molecule has 1 atom stereocenters. The minimum absolute atomic E-state index is 0.287. The van der Waals surface area contributed by atoms with Crippen molar-refractivity contribution >= 4 is 11.6 Å². The van der Waals surface area contributed by atoms with Gasteiger partial charge in [0.2, 0.25) is 0 Å². The molecule has 1 fully saturated rings. The summed E-state index contributed by atoms with van der Waals surface area (Å²) in [5, 5.41) is 3.42. The predicted molar refractivity (Wildman–Crippen MR) is 67.1 cm³/mol. The minimum Gasteiger partial charge on any atom is -0.314 e. The number of hydrogen-bond donors (Lipinski definition) is 1. The largest absolute Gasteiger partial charge is 0.390 e. The number of hydrogen-bond acceptors (Lipinski definition) is 3. The molecule has 1 aromatic heterocycles. The van der Waals surface area contributed by atoms with E-state index in [1.54, 1.807) is 6.07 Å². The number of nitrogens with one attached hydrogen (secondary N) is 1. The second kappa shape index (κ2) is 6.07. The Hall–Kier alpha value is -0.850. The first-order chi connectivity index (χ1) is 8.96. The van der Waals surface area contributed by atoms with Gasteiger partial charge in [-0.15, -0.1) is 0 Å². The van der Waals surface area contributed by atoms with Crippen LogP contribution in [-0.4, -0.2) is 42.2 Å². The highest BCUT2D eigenvalue weighted by molar-refractivity contribution is 6.29. The van der Waals surface area contributed by atoms with E-state index in [-0.39, 0.29) is 5.15 Å². The van der Waals surface area contributed by atoms with Gasteiger partial charge in [-0.25, -0.2) is 4.98 Å². The van der Waals surface area contributed by atoms with Crippen molar-refractivity contribution < 1.29 is 13.2 Å². The SMILES string of the molecule is FC(F)(F)C[C@@H](c1ccc(Cl)nc1)N1CCNCC1. The van der Waals surface area contributed by atoms with Crippen LogP contribution in [0.4, 0.5) is 13.2 Å². The molecular weight excluding hydrogens is 279 g/mol.